The van der Waals surface area contributed by atoms with Crippen LogP contribution in [0.3, 0.4) is 0 Å². The van der Waals surface area contributed by atoms with E-state index in [1.165, 1.54) is 0 Å². The summed E-state index contributed by atoms with van der Waals surface area (Å²) >= 11 is 0. The van der Waals surface area contributed by atoms with E-state index in [4.69, 9.17) is 15.2 Å². The van der Waals surface area contributed by atoms with Gasteiger partial charge in [-0.1, -0.05) is 12.1 Å². The zero-order valence-electron chi connectivity index (χ0n) is 21.9. The van der Waals surface area contributed by atoms with Crippen molar-refractivity contribution in [2.75, 3.05) is 70.2 Å². The van der Waals surface area contributed by atoms with Crippen molar-refractivity contribution in [1.82, 2.24) is 9.80 Å². The Morgan fingerprint density at radius 1 is 1.11 bits per heavy atom. The fourth-order valence-corrected chi connectivity index (χ4v) is 4.65. The minimum absolute atomic E-state index is 0.0680. The lowest BCUT2D eigenvalue weighted by atomic mass is 9.97. The van der Waals surface area contributed by atoms with Gasteiger partial charge in [-0.05, 0) is 63.2 Å². The third-order valence-electron chi connectivity index (χ3n) is 7.02. The molecule has 7 nitrogen and oxygen atoms in total. The number of hydrogen-bond acceptors (Lipinski definition) is 7. The van der Waals surface area contributed by atoms with E-state index in [9.17, 15) is 9.18 Å². The minimum Gasteiger partial charge on any atom is -0.464 e. The third-order valence-corrected chi connectivity index (χ3v) is 7.02. The molecule has 2 aromatic rings. The molecule has 2 aromatic carbocycles. The number of halogens is 1. The molecule has 4 rings (SSSR count). The highest BCUT2D eigenvalue weighted by Gasteiger charge is 2.29. The van der Waals surface area contributed by atoms with E-state index in [0.717, 1.165) is 62.8 Å². The first-order valence-electron chi connectivity index (χ1n) is 12.7. The van der Waals surface area contributed by atoms with Gasteiger partial charge in [-0.3, -0.25) is 14.6 Å². The number of anilines is 2. The molecule has 1 atom stereocenters. The van der Waals surface area contributed by atoms with Crippen LogP contribution in [0.2, 0.25) is 0 Å². The molecule has 196 valence electrons. The molecule has 1 unspecified atom stereocenters. The molecule has 36 heavy (non-hydrogen) atoms. The van der Waals surface area contributed by atoms with Crippen LogP contribution in [-0.4, -0.2) is 81.4 Å². The fraction of sp³-hybridized carbons (Fsp3) is 0.536. The molecule has 2 aliphatic heterocycles. The molecule has 2 saturated heterocycles. The fourth-order valence-electron chi connectivity index (χ4n) is 4.65. The highest BCUT2D eigenvalue weighted by molar-refractivity contribution is 5.77. The third kappa shape index (κ3) is 6.35. The van der Waals surface area contributed by atoms with Gasteiger partial charge in [0.1, 0.15) is 12.4 Å². The molecular weight excluding hydrogens is 459 g/mol. The highest BCUT2D eigenvalue weighted by Crippen LogP contribution is 2.33. The van der Waals surface area contributed by atoms with Gasteiger partial charge in [0.05, 0.1) is 36.0 Å². The van der Waals surface area contributed by atoms with E-state index in [1.807, 2.05) is 58.2 Å². The number of hydrogen-bond donors (Lipinski definition) is 1. The van der Waals surface area contributed by atoms with Crippen molar-refractivity contribution in [2.45, 2.75) is 33.4 Å². The summed E-state index contributed by atoms with van der Waals surface area (Å²) in [7, 11) is 2.05. The lowest BCUT2D eigenvalue weighted by molar-refractivity contribution is -0.154. The van der Waals surface area contributed by atoms with Crippen molar-refractivity contribution in [3.05, 3.63) is 47.8 Å². The van der Waals surface area contributed by atoms with Gasteiger partial charge in [0.15, 0.2) is 0 Å². The summed E-state index contributed by atoms with van der Waals surface area (Å²) in [6, 6.07) is 11.2. The molecule has 0 radical (unpaired) electrons. The number of carbonyl (C=O) groups is 1. The largest absolute Gasteiger partial charge is 0.464 e. The number of carbonyl (C=O) groups excluding carboxylic acids is 1. The zero-order chi connectivity index (χ0) is 25.9. The van der Waals surface area contributed by atoms with Gasteiger partial charge in [-0.2, -0.15) is 0 Å². The van der Waals surface area contributed by atoms with Crippen LogP contribution in [0, 0.1) is 11.2 Å². The number of morpholine rings is 1. The minimum atomic E-state index is -0.526. The topological polar surface area (TPSA) is 71.3 Å². The van der Waals surface area contributed by atoms with Crippen LogP contribution in [0.5, 0.6) is 0 Å². The number of nitrogen functional groups attached to an aromatic ring is 1. The molecule has 0 spiro atoms. The number of nitrogens with zero attached hydrogens (tertiary/aromatic N) is 3. The average Bonchev–Trinajstić information content (AvgIpc) is 2.84. The molecule has 2 fully saturated rings. The molecule has 2 heterocycles. The molecule has 0 amide bonds. The lowest BCUT2D eigenvalue weighted by Crippen LogP contribution is -2.54. The summed E-state index contributed by atoms with van der Waals surface area (Å²) in [5.74, 6) is -0.456. The van der Waals surface area contributed by atoms with Gasteiger partial charge in [-0.15, -0.1) is 0 Å². The lowest BCUT2D eigenvalue weighted by Gasteiger charge is -2.41. The van der Waals surface area contributed by atoms with Crippen LogP contribution in [-0.2, 0) is 20.8 Å². The van der Waals surface area contributed by atoms with Gasteiger partial charge in [0, 0.05) is 44.8 Å². The van der Waals surface area contributed by atoms with Crippen molar-refractivity contribution < 1.29 is 18.7 Å². The van der Waals surface area contributed by atoms with Crippen LogP contribution in [0.15, 0.2) is 36.4 Å². The molecule has 0 bridgehead atoms. The number of benzene rings is 2. The second kappa shape index (κ2) is 11.2. The predicted octanol–water partition coefficient (Wildman–Crippen LogP) is 3.62. The van der Waals surface area contributed by atoms with Crippen molar-refractivity contribution in [3.63, 3.8) is 0 Å². The van der Waals surface area contributed by atoms with Crippen molar-refractivity contribution in [3.8, 4) is 11.1 Å². The summed E-state index contributed by atoms with van der Waals surface area (Å²) < 4.78 is 25.8. The standard InChI is InChI=1S/C28H39FN4O3/c1-28(2,3)27(34)36-19-22-18-33(10-9-31(22)4)26-8-6-21(16-25(26)30)23-15-20(5-7-24(23)29)17-32-11-13-35-14-12-32/h5-8,15-16,22H,9-14,17-19,30H2,1-4H3. The Bertz CT molecular complexity index is 1070. The summed E-state index contributed by atoms with van der Waals surface area (Å²) in [4.78, 5) is 19.0. The molecule has 0 aliphatic carbocycles. The normalized spacial score (nSPS) is 19.9. The first-order chi connectivity index (χ1) is 17.1. The molecule has 0 saturated carbocycles. The summed E-state index contributed by atoms with van der Waals surface area (Å²) in [6.07, 6.45) is 0. The Morgan fingerprint density at radius 2 is 1.86 bits per heavy atom. The number of piperazine rings is 1. The molecular formula is C28H39FN4O3. The van der Waals surface area contributed by atoms with Crippen LogP contribution in [0.1, 0.15) is 26.3 Å². The first kappa shape index (κ1) is 26.4. The Kier molecular flexibility index (Phi) is 8.17. The maximum Gasteiger partial charge on any atom is 0.311 e. The van der Waals surface area contributed by atoms with E-state index < -0.39 is 5.41 Å². The van der Waals surface area contributed by atoms with Gasteiger partial charge in [-0.25, -0.2) is 4.39 Å². The molecule has 2 N–H and O–H groups in total. The number of likely N-dealkylation sites (N-methyl/N-ethyl adjacent to an activating group) is 1. The number of rotatable bonds is 6. The van der Waals surface area contributed by atoms with Gasteiger partial charge in [0.25, 0.3) is 0 Å². The predicted molar refractivity (Wildman–Crippen MR) is 141 cm³/mol. The van der Waals surface area contributed by atoms with E-state index in [-0.39, 0.29) is 17.8 Å². The maximum absolute atomic E-state index is 14.8. The van der Waals surface area contributed by atoms with Gasteiger partial charge < -0.3 is 20.1 Å². The number of esters is 1. The highest BCUT2D eigenvalue weighted by atomic mass is 19.1. The van der Waals surface area contributed by atoms with Crippen LogP contribution in [0.4, 0.5) is 15.8 Å². The smallest absolute Gasteiger partial charge is 0.311 e. The average molecular weight is 499 g/mol. The van der Waals surface area contributed by atoms with E-state index in [1.54, 1.807) is 6.07 Å². The quantitative estimate of drug-likeness (QED) is 0.482. The number of nitrogens with two attached hydrogens (primary N) is 1. The Balaban J connectivity index is 1.47. The molecule has 2 aliphatic rings. The SMILES string of the molecule is CN1CCN(c2ccc(-c3cc(CN4CCOCC4)ccc3F)cc2N)CC1COC(=O)C(C)(C)C. The second-order valence-corrected chi connectivity index (χ2v) is 10.9. The molecule has 8 heteroatoms. The van der Waals surface area contributed by atoms with Gasteiger partial charge in [0.2, 0.25) is 0 Å². The summed E-state index contributed by atoms with van der Waals surface area (Å²) in [6.45, 7) is 12.3. The Labute approximate surface area is 213 Å². The maximum atomic E-state index is 14.8. The second-order valence-electron chi connectivity index (χ2n) is 10.9. The summed E-state index contributed by atoms with van der Waals surface area (Å²) in [5.41, 5.74) is 9.90. The van der Waals surface area contributed by atoms with Crippen molar-refractivity contribution in [2.24, 2.45) is 5.41 Å². The van der Waals surface area contributed by atoms with E-state index in [0.29, 0.717) is 24.4 Å². The van der Waals surface area contributed by atoms with Crippen LogP contribution < -0.4 is 10.6 Å². The van der Waals surface area contributed by atoms with Gasteiger partial charge >= 0.3 is 5.97 Å². The first-order valence-corrected chi connectivity index (χ1v) is 12.7. The van der Waals surface area contributed by atoms with Crippen LogP contribution in [0.25, 0.3) is 11.1 Å². The Morgan fingerprint density at radius 3 is 2.56 bits per heavy atom. The zero-order valence-corrected chi connectivity index (χ0v) is 21.9. The Hall–Kier alpha value is -2.68. The molecule has 0 aromatic heterocycles. The van der Waals surface area contributed by atoms with Crippen molar-refractivity contribution in [1.29, 1.82) is 0 Å². The van der Waals surface area contributed by atoms with E-state index >= 15 is 0 Å². The van der Waals surface area contributed by atoms with Crippen LogP contribution >= 0.6 is 0 Å². The number of ether oxygens (including phenoxy) is 2. The summed E-state index contributed by atoms with van der Waals surface area (Å²) in [5, 5.41) is 0. The van der Waals surface area contributed by atoms with E-state index in [2.05, 4.69) is 14.7 Å². The van der Waals surface area contributed by atoms with Crippen molar-refractivity contribution >= 4 is 17.3 Å². The monoisotopic (exact) mass is 498 g/mol.